The second-order valence-electron chi connectivity index (χ2n) is 8.09. The SMILES string of the molecule is O=C(O)CC1CCN(c2ccc(NC(=O)c3nc(-c4ccccc4)oc3C(F)(F)F)cc2)CC1. The molecular formula is C24H22F3N3O4. The van der Waals surface area contributed by atoms with Crippen molar-refractivity contribution in [2.45, 2.75) is 25.4 Å². The second-order valence-corrected chi connectivity index (χ2v) is 8.09. The third-order valence-electron chi connectivity index (χ3n) is 5.69. The van der Waals surface area contributed by atoms with E-state index in [-0.39, 0.29) is 18.2 Å². The summed E-state index contributed by atoms with van der Waals surface area (Å²) in [5, 5.41) is 11.4. The summed E-state index contributed by atoms with van der Waals surface area (Å²) < 4.78 is 45.4. The largest absolute Gasteiger partial charge is 0.481 e. The van der Waals surface area contributed by atoms with Crippen LogP contribution >= 0.6 is 0 Å². The van der Waals surface area contributed by atoms with Gasteiger partial charge in [0, 0.05) is 36.4 Å². The van der Waals surface area contributed by atoms with Gasteiger partial charge in [-0.1, -0.05) is 18.2 Å². The van der Waals surface area contributed by atoms with Crippen LogP contribution in [0.5, 0.6) is 0 Å². The highest BCUT2D eigenvalue weighted by Crippen LogP contribution is 2.35. The number of hydrogen-bond acceptors (Lipinski definition) is 5. The smallest absolute Gasteiger partial charge is 0.452 e. The topological polar surface area (TPSA) is 95.7 Å². The molecule has 178 valence electrons. The highest BCUT2D eigenvalue weighted by molar-refractivity contribution is 6.04. The minimum atomic E-state index is -4.89. The third kappa shape index (κ3) is 5.38. The van der Waals surface area contributed by atoms with E-state index in [9.17, 15) is 22.8 Å². The highest BCUT2D eigenvalue weighted by Gasteiger charge is 2.42. The van der Waals surface area contributed by atoms with Crippen LogP contribution in [0.25, 0.3) is 11.5 Å². The maximum Gasteiger partial charge on any atom is 0.452 e. The number of aliphatic carboxylic acids is 1. The van der Waals surface area contributed by atoms with Gasteiger partial charge in [-0.15, -0.1) is 0 Å². The average Bonchev–Trinajstić information content (AvgIpc) is 3.27. The molecule has 0 unspecified atom stereocenters. The summed E-state index contributed by atoms with van der Waals surface area (Å²) >= 11 is 0. The fourth-order valence-electron chi connectivity index (χ4n) is 3.96. The van der Waals surface area contributed by atoms with Crippen LogP contribution in [0.4, 0.5) is 24.5 Å². The van der Waals surface area contributed by atoms with Gasteiger partial charge in [-0.3, -0.25) is 9.59 Å². The number of nitrogens with zero attached hydrogens (tertiary/aromatic N) is 2. The van der Waals surface area contributed by atoms with E-state index in [1.807, 2.05) is 0 Å². The molecule has 0 bridgehead atoms. The van der Waals surface area contributed by atoms with Gasteiger partial charge in [-0.2, -0.15) is 13.2 Å². The van der Waals surface area contributed by atoms with Gasteiger partial charge in [-0.05, 0) is 55.2 Å². The van der Waals surface area contributed by atoms with E-state index >= 15 is 0 Å². The van der Waals surface area contributed by atoms with Gasteiger partial charge in [-0.25, -0.2) is 4.98 Å². The number of amides is 1. The van der Waals surface area contributed by atoms with Crippen molar-refractivity contribution in [3.05, 3.63) is 66.1 Å². The van der Waals surface area contributed by atoms with Crippen LogP contribution in [0, 0.1) is 5.92 Å². The molecule has 1 aliphatic heterocycles. The van der Waals surface area contributed by atoms with Crippen molar-refractivity contribution in [2.24, 2.45) is 5.92 Å². The number of benzene rings is 2. The van der Waals surface area contributed by atoms with E-state index in [2.05, 4.69) is 15.2 Å². The van der Waals surface area contributed by atoms with E-state index in [4.69, 9.17) is 9.52 Å². The molecule has 1 fully saturated rings. The first kappa shape index (κ1) is 23.3. The van der Waals surface area contributed by atoms with E-state index < -0.39 is 29.5 Å². The lowest BCUT2D eigenvalue weighted by Crippen LogP contribution is -2.34. The van der Waals surface area contributed by atoms with Gasteiger partial charge in [0.05, 0.1) is 0 Å². The van der Waals surface area contributed by atoms with Crippen LogP contribution in [0.2, 0.25) is 0 Å². The summed E-state index contributed by atoms with van der Waals surface area (Å²) in [7, 11) is 0. The van der Waals surface area contributed by atoms with Crippen LogP contribution in [0.1, 0.15) is 35.5 Å². The number of carbonyl (C=O) groups excluding carboxylic acids is 1. The maximum absolute atomic E-state index is 13.5. The van der Waals surface area contributed by atoms with Crippen molar-refractivity contribution in [2.75, 3.05) is 23.3 Å². The average molecular weight is 473 g/mol. The molecule has 2 aromatic carbocycles. The Bertz CT molecular complexity index is 1150. The number of alkyl halides is 3. The molecular weight excluding hydrogens is 451 g/mol. The lowest BCUT2D eigenvalue weighted by molar-refractivity contribution is -0.153. The normalized spacial score (nSPS) is 14.7. The maximum atomic E-state index is 13.5. The zero-order valence-electron chi connectivity index (χ0n) is 18.0. The molecule has 1 saturated heterocycles. The van der Waals surface area contributed by atoms with Crippen molar-refractivity contribution in [1.29, 1.82) is 0 Å². The Morgan fingerprint density at radius 1 is 1.06 bits per heavy atom. The Labute approximate surface area is 193 Å². The molecule has 7 nitrogen and oxygen atoms in total. The lowest BCUT2D eigenvalue weighted by Gasteiger charge is -2.33. The molecule has 10 heteroatoms. The lowest BCUT2D eigenvalue weighted by atomic mass is 9.93. The first-order chi connectivity index (χ1) is 16.2. The number of piperidine rings is 1. The summed E-state index contributed by atoms with van der Waals surface area (Å²) in [6.07, 6.45) is -3.20. The standard InChI is InChI=1S/C24H22F3N3O4/c25-24(26,27)21-20(29-23(34-21)16-4-2-1-3-5-16)22(33)28-17-6-8-18(9-7-17)30-12-10-15(11-13-30)14-19(31)32/h1-9,15H,10-14H2,(H,28,33)(H,31,32). The zero-order chi connectivity index (χ0) is 24.3. The monoisotopic (exact) mass is 473 g/mol. The van der Waals surface area contributed by atoms with E-state index in [1.165, 1.54) is 12.1 Å². The number of carboxylic acids is 1. The molecule has 0 aliphatic carbocycles. The first-order valence-corrected chi connectivity index (χ1v) is 10.7. The Morgan fingerprint density at radius 3 is 2.29 bits per heavy atom. The molecule has 2 N–H and O–H groups in total. The number of oxazole rings is 1. The number of halogens is 3. The molecule has 1 amide bonds. The van der Waals surface area contributed by atoms with E-state index in [0.717, 1.165) is 18.5 Å². The molecule has 0 saturated carbocycles. The highest BCUT2D eigenvalue weighted by atomic mass is 19.4. The number of hydrogen-bond donors (Lipinski definition) is 2. The molecule has 1 aromatic heterocycles. The van der Waals surface area contributed by atoms with Crippen LogP contribution in [-0.2, 0) is 11.0 Å². The first-order valence-electron chi connectivity index (χ1n) is 10.7. The van der Waals surface area contributed by atoms with Gasteiger partial charge in [0.25, 0.3) is 5.91 Å². The molecule has 34 heavy (non-hydrogen) atoms. The molecule has 3 aromatic rings. The molecule has 0 radical (unpaired) electrons. The summed E-state index contributed by atoms with van der Waals surface area (Å²) in [4.78, 5) is 29.4. The van der Waals surface area contributed by atoms with Crippen LogP contribution in [0.15, 0.2) is 59.0 Å². The zero-order valence-corrected chi connectivity index (χ0v) is 18.0. The van der Waals surface area contributed by atoms with Gasteiger partial charge in [0.1, 0.15) is 0 Å². The molecule has 4 rings (SSSR count). The predicted molar refractivity (Wildman–Crippen MR) is 119 cm³/mol. The molecule has 2 heterocycles. The number of nitrogens with one attached hydrogen (secondary N) is 1. The van der Waals surface area contributed by atoms with Crippen molar-refractivity contribution >= 4 is 23.3 Å². The van der Waals surface area contributed by atoms with E-state index in [0.29, 0.717) is 24.3 Å². The van der Waals surface area contributed by atoms with E-state index in [1.54, 1.807) is 42.5 Å². The van der Waals surface area contributed by atoms with Gasteiger partial charge in [0.15, 0.2) is 5.69 Å². The Balaban J connectivity index is 1.46. The van der Waals surface area contributed by atoms with Crippen molar-refractivity contribution in [3.63, 3.8) is 0 Å². The summed E-state index contributed by atoms with van der Waals surface area (Å²) in [5.41, 5.74) is 0.682. The minimum Gasteiger partial charge on any atom is -0.481 e. The van der Waals surface area contributed by atoms with Crippen LogP contribution < -0.4 is 10.2 Å². The summed E-state index contributed by atoms with van der Waals surface area (Å²) in [5.74, 6) is -3.42. The molecule has 1 aliphatic rings. The van der Waals surface area contributed by atoms with Gasteiger partial charge >= 0.3 is 12.1 Å². The number of carboxylic acid groups (broad SMARTS) is 1. The van der Waals surface area contributed by atoms with Crippen LogP contribution in [-0.4, -0.2) is 35.1 Å². The second kappa shape index (κ2) is 9.58. The Morgan fingerprint density at radius 2 is 1.71 bits per heavy atom. The van der Waals surface area contributed by atoms with Crippen LogP contribution in [0.3, 0.4) is 0 Å². The predicted octanol–water partition coefficient (Wildman–Crippen LogP) is 5.30. The third-order valence-corrected chi connectivity index (χ3v) is 5.69. The van der Waals surface area contributed by atoms with Crippen molar-refractivity contribution < 1.29 is 32.3 Å². The number of aromatic nitrogens is 1. The van der Waals surface area contributed by atoms with Crippen molar-refractivity contribution in [3.8, 4) is 11.5 Å². The fraction of sp³-hybridized carbons (Fsp3) is 0.292. The molecule has 0 atom stereocenters. The minimum absolute atomic E-state index is 0.151. The summed E-state index contributed by atoms with van der Waals surface area (Å²) in [6, 6.07) is 14.8. The number of anilines is 2. The number of rotatable bonds is 6. The Hall–Kier alpha value is -3.82. The number of carbonyl (C=O) groups is 2. The fourth-order valence-corrected chi connectivity index (χ4v) is 3.96. The molecule has 0 spiro atoms. The van der Waals surface area contributed by atoms with Gasteiger partial charge in [0.2, 0.25) is 11.7 Å². The van der Waals surface area contributed by atoms with Gasteiger partial charge < -0.3 is 19.7 Å². The quantitative estimate of drug-likeness (QED) is 0.504. The van der Waals surface area contributed by atoms with Crippen molar-refractivity contribution in [1.82, 2.24) is 4.98 Å². The Kier molecular flexibility index (Phi) is 6.58. The summed E-state index contributed by atoms with van der Waals surface area (Å²) in [6.45, 7) is 1.42.